The zero-order valence-electron chi connectivity index (χ0n) is 23.1. The van der Waals surface area contributed by atoms with E-state index in [0.717, 1.165) is 44.5 Å². The summed E-state index contributed by atoms with van der Waals surface area (Å²) in [6.45, 7) is 15.2. The highest BCUT2D eigenvalue weighted by Crippen LogP contribution is 2.44. The van der Waals surface area contributed by atoms with Gasteiger partial charge in [-0.05, 0) is 77.7 Å². The fourth-order valence-electron chi connectivity index (χ4n) is 4.89. The fraction of sp³-hybridized carbons (Fsp3) is 0.621. The number of anilines is 1. The summed E-state index contributed by atoms with van der Waals surface area (Å²) in [5, 5.41) is 10.2. The Morgan fingerprint density at radius 2 is 1.84 bits per heavy atom. The van der Waals surface area contributed by atoms with Gasteiger partial charge in [-0.2, -0.15) is 0 Å². The van der Waals surface area contributed by atoms with E-state index in [1.807, 2.05) is 27.7 Å². The molecule has 1 saturated heterocycles. The third kappa shape index (κ3) is 6.40. The van der Waals surface area contributed by atoms with Crippen molar-refractivity contribution in [3.63, 3.8) is 0 Å². The number of piperidine rings is 1. The summed E-state index contributed by atoms with van der Waals surface area (Å²) < 4.78 is 27.1. The van der Waals surface area contributed by atoms with E-state index < -0.39 is 23.5 Å². The lowest BCUT2D eigenvalue weighted by Gasteiger charge is -2.40. The molecule has 0 radical (unpaired) electrons. The normalized spacial score (nSPS) is 19.4. The molecule has 1 aliphatic carbocycles. The zero-order valence-corrected chi connectivity index (χ0v) is 23.1. The monoisotopic (exact) mass is 513 g/mol. The first-order valence-corrected chi connectivity index (χ1v) is 13.2. The molecule has 202 valence electrons. The van der Waals surface area contributed by atoms with Crippen LogP contribution in [0.3, 0.4) is 0 Å². The van der Waals surface area contributed by atoms with Crippen LogP contribution >= 0.6 is 0 Å². The summed E-state index contributed by atoms with van der Waals surface area (Å²) >= 11 is 0. The highest BCUT2D eigenvalue weighted by Gasteiger charge is 2.36. The number of carboxylic acids is 1. The molecule has 7 nitrogen and oxygen atoms in total. The number of rotatable bonds is 8. The van der Waals surface area contributed by atoms with Crippen molar-refractivity contribution in [2.45, 2.75) is 92.0 Å². The maximum Gasteiger partial charge on any atom is 0.337 e. The van der Waals surface area contributed by atoms with Crippen molar-refractivity contribution in [3.05, 3.63) is 35.5 Å². The first kappa shape index (κ1) is 27.3. The van der Waals surface area contributed by atoms with E-state index in [9.17, 15) is 9.90 Å². The number of carboxylic acid groups (broad SMARTS) is 1. The number of aryl methyl sites for hydroxylation is 1. The minimum absolute atomic E-state index is 0.0100. The quantitative estimate of drug-likeness (QED) is 0.441. The molecule has 1 saturated carbocycles. The van der Waals surface area contributed by atoms with Gasteiger partial charge in [-0.25, -0.2) is 14.2 Å². The van der Waals surface area contributed by atoms with Crippen LogP contribution in [0.25, 0.3) is 11.1 Å². The minimum Gasteiger partial charge on any atom is -0.479 e. The van der Waals surface area contributed by atoms with Crippen LogP contribution in [0.2, 0.25) is 0 Å². The van der Waals surface area contributed by atoms with Crippen LogP contribution in [0.1, 0.15) is 84.6 Å². The number of carbonyl (C=O) groups is 1. The van der Waals surface area contributed by atoms with E-state index in [-0.39, 0.29) is 17.4 Å². The second-order valence-corrected chi connectivity index (χ2v) is 12.3. The Balaban J connectivity index is 1.82. The number of hydrogen-bond donors (Lipinski definition) is 1. The molecule has 0 amide bonds. The molecule has 2 atom stereocenters. The van der Waals surface area contributed by atoms with Gasteiger partial charge in [0.1, 0.15) is 6.10 Å². The van der Waals surface area contributed by atoms with Crippen LogP contribution in [0.15, 0.2) is 18.5 Å². The minimum atomic E-state index is -1.22. The van der Waals surface area contributed by atoms with Crippen LogP contribution in [-0.4, -0.2) is 45.8 Å². The lowest BCUT2D eigenvalue weighted by molar-refractivity contribution is -0.160. The molecule has 2 fully saturated rings. The second-order valence-electron chi connectivity index (χ2n) is 12.3. The van der Waals surface area contributed by atoms with Crippen molar-refractivity contribution >= 4 is 11.7 Å². The maximum atomic E-state index is 15.2. The number of pyridine rings is 2. The van der Waals surface area contributed by atoms with Gasteiger partial charge in [0.2, 0.25) is 0 Å². The van der Waals surface area contributed by atoms with Crippen LogP contribution in [0.5, 0.6) is 5.88 Å². The van der Waals surface area contributed by atoms with Crippen molar-refractivity contribution in [1.29, 1.82) is 0 Å². The summed E-state index contributed by atoms with van der Waals surface area (Å²) in [5.41, 5.74) is 2.46. The van der Waals surface area contributed by atoms with Crippen LogP contribution < -0.4 is 9.64 Å². The Bertz CT molecular complexity index is 1150. The molecule has 2 aromatic rings. The molecular weight excluding hydrogens is 473 g/mol. The molecule has 0 unspecified atom stereocenters. The van der Waals surface area contributed by atoms with Gasteiger partial charge in [0, 0.05) is 47.9 Å². The molecule has 0 bridgehead atoms. The number of halogens is 1. The average Bonchev–Trinajstić information content (AvgIpc) is 3.64. The van der Waals surface area contributed by atoms with Gasteiger partial charge in [0.25, 0.3) is 5.88 Å². The molecule has 1 aliphatic heterocycles. The molecule has 2 aliphatic rings. The highest BCUT2D eigenvalue weighted by atomic mass is 19.1. The van der Waals surface area contributed by atoms with Crippen LogP contribution in [0.4, 0.5) is 10.1 Å². The molecule has 0 spiro atoms. The van der Waals surface area contributed by atoms with Crippen molar-refractivity contribution in [2.24, 2.45) is 11.3 Å². The zero-order chi connectivity index (χ0) is 27.1. The standard InChI is InChI=1S/C29H40FN3O4/c1-17-23(25(27(34)35)37-28(3,4)5)24(33-12-10-29(6,7)11-13-33)21(16-31-17)20-14-22(30)26(32-15-20)36-18(2)19-8-9-19/h14-16,18-19,25H,8-13H2,1-7H3,(H,34,35)/t18-,25-/m0/s1. The lowest BCUT2D eigenvalue weighted by atomic mass is 9.82. The number of nitrogens with zero attached hydrogens (tertiary/aromatic N) is 3. The molecular formula is C29H40FN3O4. The maximum absolute atomic E-state index is 15.2. The molecule has 37 heavy (non-hydrogen) atoms. The SMILES string of the molecule is Cc1ncc(-c2cnc(O[C@@H](C)C3CC3)c(F)c2)c(N2CCC(C)(C)CC2)c1[C@H](OC(C)(C)C)C(=O)O. The Labute approximate surface area is 219 Å². The number of aromatic nitrogens is 2. The topological polar surface area (TPSA) is 84.8 Å². The molecule has 4 rings (SSSR count). The van der Waals surface area contributed by atoms with Crippen molar-refractivity contribution in [2.75, 3.05) is 18.0 Å². The summed E-state index contributed by atoms with van der Waals surface area (Å²) in [6.07, 6.45) is 6.05. The van der Waals surface area contributed by atoms with E-state index in [1.54, 1.807) is 19.3 Å². The highest BCUT2D eigenvalue weighted by molar-refractivity contribution is 5.86. The third-order valence-electron chi connectivity index (χ3n) is 7.38. The van der Waals surface area contributed by atoms with Gasteiger partial charge in [0.05, 0.1) is 11.3 Å². The van der Waals surface area contributed by atoms with Crippen LogP contribution in [-0.2, 0) is 9.53 Å². The molecule has 0 aromatic carbocycles. The number of ether oxygens (including phenoxy) is 2. The van der Waals surface area contributed by atoms with Gasteiger partial charge in [-0.1, -0.05) is 13.8 Å². The number of hydrogen-bond acceptors (Lipinski definition) is 6. The Morgan fingerprint density at radius 1 is 1.19 bits per heavy atom. The number of aliphatic carboxylic acids is 1. The molecule has 1 N–H and O–H groups in total. The Morgan fingerprint density at radius 3 is 2.38 bits per heavy atom. The summed E-state index contributed by atoms with van der Waals surface area (Å²) in [5.74, 6) is -1.18. The first-order valence-electron chi connectivity index (χ1n) is 13.2. The van der Waals surface area contributed by atoms with Crippen molar-refractivity contribution in [1.82, 2.24) is 9.97 Å². The molecule has 2 aromatic heterocycles. The third-order valence-corrected chi connectivity index (χ3v) is 7.38. The van der Waals surface area contributed by atoms with Gasteiger partial charge in [-0.15, -0.1) is 0 Å². The smallest absolute Gasteiger partial charge is 0.337 e. The summed E-state index contributed by atoms with van der Waals surface area (Å²) in [6, 6.07) is 1.41. The van der Waals surface area contributed by atoms with Crippen molar-refractivity contribution < 1.29 is 23.8 Å². The molecule has 3 heterocycles. The van der Waals surface area contributed by atoms with Gasteiger partial charge in [0.15, 0.2) is 11.9 Å². The average molecular weight is 514 g/mol. The first-order chi connectivity index (χ1) is 17.3. The van der Waals surface area contributed by atoms with E-state index in [2.05, 4.69) is 28.7 Å². The lowest BCUT2D eigenvalue weighted by Crippen LogP contribution is -2.39. The van der Waals surface area contributed by atoms with E-state index in [0.29, 0.717) is 28.3 Å². The summed E-state index contributed by atoms with van der Waals surface area (Å²) in [4.78, 5) is 23.6. The van der Waals surface area contributed by atoms with Gasteiger partial charge in [-0.3, -0.25) is 4.98 Å². The van der Waals surface area contributed by atoms with Gasteiger partial charge < -0.3 is 19.5 Å². The second kappa shape index (κ2) is 10.2. The fourth-order valence-corrected chi connectivity index (χ4v) is 4.89. The van der Waals surface area contributed by atoms with Crippen LogP contribution in [0, 0.1) is 24.1 Å². The van der Waals surface area contributed by atoms with E-state index in [1.165, 1.54) is 6.07 Å². The Kier molecular flexibility index (Phi) is 7.52. The van der Waals surface area contributed by atoms with E-state index >= 15 is 4.39 Å². The Hall–Kier alpha value is -2.74. The van der Waals surface area contributed by atoms with Gasteiger partial charge >= 0.3 is 5.97 Å². The largest absolute Gasteiger partial charge is 0.479 e. The predicted molar refractivity (Wildman–Crippen MR) is 141 cm³/mol. The summed E-state index contributed by atoms with van der Waals surface area (Å²) in [7, 11) is 0. The van der Waals surface area contributed by atoms with E-state index in [4.69, 9.17) is 9.47 Å². The van der Waals surface area contributed by atoms with Crippen molar-refractivity contribution in [3.8, 4) is 17.0 Å². The molecule has 8 heteroatoms. The predicted octanol–water partition coefficient (Wildman–Crippen LogP) is 6.34.